The molecule has 0 saturated carbocycles. The van der Waals surface area contributed by atoms with Crippen LogP contribution in [0.2, 0.25) is 0 Å². The third-order valence-corrected chi connectivity index (χ3v) is 4.96. The Bertz CT molecular complexity index is 829. The number of fused-ring (bicyclic) bond motifs is 1. The Labute approximate surface area is 161 Å². The number of nitrogens with zero attached hydrogens (tertiary/aromatic N) is 1. The third-order valence-electron chi connectivity index (χ3n) is 4.96. The molecule has 1 amide bonds. The molecule has 1 aliphatic heterocycles. The number of rotatable bonds is 7. The molecule has 1 N–H and O–H groups in total. The molecule has 1 aliphatic rings. The highest BCUT2D eigenvalue weighted by Crippen LogP contribution is 2.38. The highest BCUT2D eigenvalue weighted by atomic mass is 16.5. The van der Waals surface area contributed by atoms with Gasteiger partial charge in [0.25, 0.3) is 5.91 Å². The van der Waals surface area contributed by atoms with Crippen molar-refractivity contribution in [1.82, 2.24) is 4.90 Å². The topological polar surface area (TPSA) is 41.6 Å². The van der Waals surface area contributed by atoms with Crippen molar-refractivity contribution in [2.45, 2.75) is 39.3 Å². The number of hydrogen-bond acceptors (Lipinski definition) is 3. The molecule has 1 atom stereocenters. The van der Waals surface area contributed by atoms with Crippen LogP contribution < -0.4 is 10.1 Å². The first kappa shape index (κ1) is 19.0. The van der Waals surface area contributed by atoms with E-state index in [9.17, 15) is 4.79 Å². The van der Waals surface area contributed by atoms with E-state index in [1.54, 1.807) is 0 Å². The first-order chi connectivity index (χ1) is 13.0. The first-order valence-electron chi connectivity index (χ1n) is 9.52. The van der Waals surface area contributed by atoms with Crippen LogP contribution in [0, 0.1) is 0 Å². The SMILES string of the molecule is C=C(C)COc1ccc(C2(C)Nc3ccccc3C(=O)N2CCCC)cc1. The van der Waals surface area contributed by atoms with Crippen molar-refractivity contribution in [1.29, 1.82) is 0 Å². The molecule has 4 nitrogen and oxygen atoms in total. The molecule has 0 spiro atoms. The Morgan fingerprint density at radius 3 is 2.56 bits per heavy atom. The number of carbonyl (C=O) groups excluding carboxylic acids is 1. The number of amides is 1. The summed E-state index contributed by atoms with van der Waals surface area (Å²) in [4.78, 5) is 15.2. The predicted octanol–water partition coefficient (Wildman–Crippen LogP) is 5.18. The molecule has 3 rings (SSSR count). The number of benzene rings is 2. The number of carbonyl (C=O) groups is 1. The molecule has 0 aliphatic carbocycles. The average Bonchev–Trinajstić information content (AvgIpc) is 2.66. The molecule has 4 heteroatoms. The second kappa shape index (κ2) is 7.87. The molecule has 27 heavy (non-hydrogen) atoms. The minimum atomic E-state index is -0.604. The van der Waals surface area contributed by atoms with Crippen LogP contribution in [-0.2, 0) is 5.66 Å². The minimum absolute atomic E-state index is 0.0721. The maximum atomic E-state index is 13.2. The maximum Gasteiger partial charge on any atom is 0.258 e. The molecule has 1 unspecified atom stereocenters. The Balaban J connectivity index is 1.94. The monoisotopic (exact) mass is 364 g/mol. The Hall–Kier alpha value is -2.75. The van der Waals surface area contributed by atoms with Gasteiger partial charge in [-0.3, -0.25) is 4.79 Å². The molecule has 2 aromatic carbocycles. The van der Waals surface area contributed by atoms with Crippen LogP contribution in [0.5, 0.6) is 5.75 Å². The van der Waals surface area contributed by atoms with Gasteiger partial charge in [0, 0.05) is 12.2 Å². The Kier molecular flexibility index (Phi) is 5.54. The summed E-state index contributed by atoms with van der Waals surface area (Å²) in [6, 6.07) is 15.7. The summed E-state index contributed by atoms with van der Waals surface area (Å²) in [7, 11) is 0. The van der Waals surface area contributed by atoms with E-state index >= 15 is 0 Å². The van der Waals surface area contributed by atoms with Gasteiger partial charge in [-0.1, -0.05) is 44.2 Å². The van der Waals surface area contributed by atoms with E-state index in [1.165, 1.54) is 0 Å². The van der Waals surface area contributed by atoms with Crippen molar-refractivity contribution in [3.63, 3.8) is 0 Å². The van der Waals surface area contributed by atoms with Gasteiger partial charge in [-0.15, -0.1) is 0 Å². The molecule has 0 fully saturated rings. The average molecular weight is 364 g/mol. The lowest BCUT2D eigenvalue weighted by atomic mass is 9.93. The molecule has 0 aromatic heterocycles. The van der Waals surface area contributed by atoms with Gasteiger partial charge in [-0.05, 0) is 55.7 Å². The highest BCUT2D eigenvalue weighted by Gasteiger charge is 2.41. The molecule has 2 aromatic rings. The fourth-order valence-corrected chi connectivity index (χ4v) is 3.41. The Morgan fingerprint density at radius 1 is 1.19 bits per heavy atom. The summed E-state index contributed by atoms with van der Waals surface area (Å²) in [6.07, 6.45) is 2.00. The number of unbranched alkanes of at least 4 members (excludes halogenated alkanes) is 1. The third kappa shape index (κ3) is 3.85. The fraction of sp³-hybridized carbons (Fsp3) is 0.348. The summed E-state index contributed by atoms with van der Waals surface area (Å²) in [5.41, 5.74) is 3.01. The lowest BCUT2D eigenvalue weighted by Gasteiger charge is -2.47. The van der Waals surface area contributed by atoms with E-state index in [2.05, 4.69) is 25.7 Å². The summed E-state index contributed by atoms with van der Waals surface area (Å²) >= 11 is 0. The lowest BCUT2D eigenvalue weighted by molar-refractivity contribution is 0.0531. The van der Waals surface area contributed by atoms with Gasteiger partial charge in [0.2, 0.25) is 0 Å². The van der Waals surface area contributed by atoms with Crippen molar-refractivity contribution < 1.29 is 9.53 Å². The largest absolute Gasteiger partial charge is 0.489 e. The number of ether oxygens (including phenoxy) is 1. The van der Waals surface area contributed by atoms with E-state index < -0.39 is 5.66 Å². The van der Waals surface area contributed by atoms with Crippen LogP contribution in [0.3, 0.4) is 0 Å². The smallest absolute Gasteiger partial charge is 0.258 e. The molecule has 1 heterocycles. The van der Waals surface area contributed by atoms with Crippen LogP contribution >= 0.6 is 0 Å². The first-order valence-corrected chi connectivity index (χ1v) is 9.52. The second-order valence-corrected chi connectivity index (χ2v) is 7.32. The summed E-state index contributed by atoms with van der Waals surface area (Å²) in [5, 5.41) is 3.60. The van der Waals surface area contributed by atoms with Gasteiger partial charge in [0.1, 0.15) is 18.0 Å². The quantitative estimate of drug-likeness (QED) is 0.688. The summed E-state index contributed by atoms with van der Waals surface area (Å²) < 4.78 is 5.71. The van der Waals surface area contributed by atoms with E-state index in [0.717, 1.165) is 41.0 Å². The van der Waals surface area contributed by atoms with Gasteiger partial charge in [0.05, 0.1) is 5.56 Å². The predicted molar refractivity (Wildman–Crippen MR) is 110 cm³/mol. The molecular weight excluding hydrogens is 336 g/mol. The number of anilines is 1. The van der Waals surface area contributed by atoms with Gasteiger partial charge < -0.3 is 15.0 Å². The van der Waals surface area contributed by atoms with Crippen LogP contribution in [0.4, 0.5) is 5.69 Å². The molecule has 0 radical (unpaired) electrons. The fourth-order valence-electron chi connectivity index (χ4n) is 3.41. The zero-order valence-corrected chi connectivity index (χ0v) is 16.4. The van der Waals surface area contributed by atoms with Crippen molar-refractivity contribution in [3.05, 3.63) is 71.8 Å². The summed E-state index contributed by atoms with van der Waals surface area (Å²) in [5.74, 6) is 0.871. The number of nitrogens with one attached hydrogen (secondary N) is 1. The molecule has 0 bridgehead atoms. The van der Waals surface area contributed by atoms with Gasteiger partial charge >= 0.3 is 0 Å². The van der Waals surface area contributed by atoms with Crippen molar-refractivity contribution in [2.75, 3.05) is 18.5 Å². The standard InChI is InChI=1S/C23H28N2O2/c1-5-6-15-25-22(26)20-9-7-8-10-21(20)24-23(25,4)18-11-13-19(14-12-18)27-16-17(2)3/h7-14,24H,2,5-6,15-16H2,1,3-4H3. The normalized spacial score (nSPS) is 18.6. The zero-order valence-electron chi connectivity index (χ0n) is 16.4. The lowest BCUT2D eigenvalue weighted by Crippen LogP contribution is -2.56. The molecular formula is C23H28N2O2. The summed E-state index contributed by atoms with van der Waals surface area (Å²) in [6.45, 7) is 11.2. The maximum absolute atomic E-state index is 13.2. The van der Waals surface area contributed by atoms with Gasteiger partial charge in [-0.2, -0.15) is 0 Å². The molecule has 0 saturated heterocycles. The van der Waals surface area contributed by atoms with E-state index in [1.807, 2.05) is 60.4 Å². The van der Waals surface area contributed by atoms with Gasteiger partial charge in [-0.25, -0.2) is 0 Å². The van der Waals surface area contributed by atoms with Crippen LogP contribution in [0.25, 0.3) is 0 Å². The van der Waals surface area contributed by atoms with Crippen LogP contribution in [0.15, 0.2) is 60.7 Å². The minimum Gasteiger partial charge on any atom is -0.489 e. The van der Waals surface area contributed by atoms with Crippen LogP contribution in [0.1, 0.15) is 49.5 Å². The highest BCUT2D eigenvalue weighted by molar-refractivity contribution is 6.02. The van der Waals surface area contributed by atoms with Crippen LogP contribution in [-0.4, -0.2) is 24.0 Å². The number of hydrogen-bond donors (Lipinski definition) is 1. The zero-order chi connectivity index (χ0) is 19.4. The Morgan fingerprint density at radius 2 is 1.89 bits per heavy atom. The molecule has 142 valence electrons. The van der Waals surface area contributed by atoms with Crippen molar-refractivity contribution >= 4 is 11.6 Å². The van der Waals surface area contributed by atoms with E-state index in [-0.39, 0.29) is 5.91 Å². The van der Waals surface area contributed by atoms with E-state index in [0.29, 0.717) is 13.2 Å². The second-order valence-electron chi connectivity index (χ2n) is 7.32. The van der Waals surface area contributed by atoms with Crippen molar-refractivity contribution in [3.8, 4) is 5.75 Å². The van der Waals surface area contributed by atoms with E-state index in [4.69, 9.17) is 4.74 Å². The van der Waals surface area contributed by atoms with Crippen molar-refractivity contribution in [2.24, 2.45) is 0 Å². The number of para-hydroxylation sites is 1. The van der Waals surface area contributed by atoms with Gasteiger partial charge in [0.15, 0.2) is 0 Å².